The standard InChI is InChI=1S/C27H22N2O2S3/c1-18-12-14-19(15-13-18)17-24-26(31)28(27(32)34-24)16-6-11-25(30)29-20-7-2-4-9-22(20)33-23-10-5-3-8-21(23)29/h2-5,7-10,12-15,17H,6,11,16H2,1H3. The van der Waals surface area contributed by atoms with Crippen LogP contribution in [-0.4, -0.2) is 27.6 Å². The van der Waals surface area contributed by atoms with Gasteiger partial charge in [-0.05, 0) is 49.2 Å². The van der Waals surface area contributed by atoms with Crippen LogP contribution in [0.1, 0.15) is 24.0 Å². The number of carbonyl (C=O) groups is 2. The third kappa shape index (κ3) is 4.56. The van der Waals surface area contributed by atoms with Crippen LogP contribution < -0.4 is 4.90 Å². The zero-order chi connectivity index (χ0) is 23.7. The Morgan fingerprint density at radius 2 is 1.53 bits per heavy atom. The number of thiocarbonyl (C=S) groups is 1. The summed E-state index contributed by atoms with van der Waals surface area (Å²) in [5, 5.41) is 0. The van der Waals surface area contributed by atoms with Crippen LogP contribution >= 0.6 is 35.7 Å². The summed E-state index contributed by atoms with van der Waals surface area (Å²) in [6.45, 7) is 2.46. The molecule has 2 aliphatic rings. The Labute approximate surface area is 213 Å². The van der Waals surface area contributed by atoms with Gasteiger partial charge in [-0.3, -0.25) is 19.4 Å². The van der Waals surface area contributed by atoms with E-state index in [0.29, 0.717) is 28.6 Å². The highest BCUT2D eigenvalue weighted by Crippen LogP contribution is 2.48. The van der Waals surface area contributed by atoms with Crippen LogP contribution in [0.2, 0.25) is 0 Å². The summed E-state index contributed by atoms with van der Waals surface area (Å²) in [7, 11) is 0. The van der Waals surface area contributed by atoms with Crippen molar-refractivity contribution in [2.45, 2.75) is 29.6 Å². The molecule has 0 saturated carbocycles. The quantitative estimate of drug-likeness (QED) is 0.283. The van der Waals surface area contributed by atoms with Gasteiger partial charge < -0.3 is 0 Å². The molecular formula is C27H22N2O2S3. The SMILES string of the molecule is Cc1ccc(C=C2SC(=S)N(CCCC(=O)N3c4ccccc4Sc4ccccc43)C2=O)cc1. The van der Waals surface area contributed by atoms with Crippen molar-refractivity contribution in [2.24, 2.45) is 0 Å². The van der Waals surface area contributed by atoms with Crippen molar-refractivity contribution >= 4 is 69.3 Å². The molecule has 4 nitrogen and oxygen atoms in total. The minimum atomic E-state index is -0.0897. The Bertz CT molecular complexity index is 1270. The van der Waals surface area contributed by atoms with Crippen LogP contribution in [-0.2, 0) is 9.59 Å². The van der Waals surface area contributed by atoms with E-state index in [2.05, 4.69) is 0 Å². The Morgan fingerprint density at radius 3 is 2.18 bits per heavy atom. The van der Waals surface area contributed by atoms with E-state index < -0.39 is 0 Å². The Hall–Kier alpha value is -2.87. The second-order valence-electron chi connectivity index (χ2n) is 8.11. The second-order valence-corrected chi connectivity index (χ2v) is 10.9. The van der Waals surface area contributed by atoms with Gasteiger partial charge in [0.1, 0.15) is 4.32 Å². The molecule has 0 unspecified atom stereocenters. The van der Waals surface area contributed by atoms with E-state index in [1.165, 1.54) is 17.3 Å². The topological polar surface area (TPSA) is 40.6 Å². The average molecular weight is 503 g/mol. The third-order valence-electron chi connectivity index (χ3n) is 5.70. The van der Waals surface area contributed by atoms with Gasteiger partial charge in [-0.2, -0.15) is 0 Å². The first-order chi connectivity index (χ1) is 16.5. The lowest BCUT2D eigenvalue weighted by Crippen LogP contribution is -2.32. The molecule has 3 aromatic carbocycles. The highest BCUT2D eigenvalue weighted by molar-refractivity contribution is 8.26. The minimum absolute atomic E-state index is 0.0147. The third-order valence-corrected chi connectivity index (χ3v) is 8.21. The minimum Gasteiger partial charge on any atom is -0.293 e. The van der Waals surface area contributed by atoms with E-state index in [1.54, 1.807) is 16.7 Å². The number of thioether (sulfide) groups is 1. The van der Waals surface area contributed by atoms with Crippen LogP contribution in [0.15, 0.2) is 87.5 Å². The van der Waals surface area contributed by atoms with Gasteiger partial charge in [-0.1, -0.05) is 89.8 Å². The van der Waals surface area contributed by atoms with Crippen LogP contribution in [0.3, 0.4) is 0 Å². The summed E-state index contributed by atoms with van der Waals surface area (Å²) in [6.07, 6.45) is 2.74. The normalized spacial score (nSPS) is 16.1. The molecule has 2 amide bonds. The summed E-state index contributed by atoms with van der Waals surface area (Å²) >= 11 is 8.47. The zero-order valence-corrected chi connectivity index (χ0v) is 21.0. The molecule has 0 bridgehead atoms. The lowest BCUT2D eigenvalue weighted by molar-refractivity contribution is -0.123. The Balaban J connectivity index is 1.27. The molecular weight excluding hydrogens is 481 g/mol. The Morgan fingerprint density at radius 1 is 0.912 bits per heavy atom. The van der Waals surface area contributed by atoms with Gasteiger partial charge in [0, 0.05) is 22.8 Å². The number of nitrogens with zero attached hydrogens (tertiary/aromatic N) is 2. The molecule has 0 radical (unpaired) electrons. The van der Waals surface area contributed by atoms with Crippen molar-refractivity contribution < 1.29 is 9.59 Å². The largest absolute Gasteiger partial charge is 0.293 e. The first kappa shape index (κ1) is 22.9. The van der Waals surface area contributed by atoms with E-state index in [0.717, 1.165) is 26.7 Å². The van der Waals surface area contributed by atoms with Crippen LogP contribution in [0, 0.1) is 6.92 Å². The summed E-state index contributed by atoms with van der Waals surface area (Å²) in [6, 6.07) is 23.9. The first-order valence-corrected chi connectivity index (χ1v) is 13.1. The fourth-order valence-electron chi connectivity index (χ4n) is 3.98. The molecule has 0 aliphatic carbocycles. The van der Waals surface area contributed by atoms with Crippen LogP contribution in [0.25, 0.3) is 6.08 Å². The molecule has 2 heterocycles. The van der Waals surface area contributed by atoms with Crippen molar-refractivity contribution in [3.05, 3.63) is 88.8 Å². The number of hydrogen-bond acceptors (Lipinski definition) is 5. The van der Waals surface area contributed by atoms with Crippen LogP contribution in [0.5, 0.6) is 0 Å². The van der Waals surface area contributed by atoms with Gasteiger partial charge in [0.05, 0.1) is 16.3 Å². The van der Waals surface area contributed by atoms with Gasteiger partial charge >= 0.3 is 0 Å². The average Bonchev–Trinajstić information content (AvgIpc) is 3.11. The van der Waals surface area contributed by atoms with Gasteiger partial charge in [0.15, 0.2) is 0 Å². The predicted octanol–water partition coefficient (Wildman–Crippen LogP) is 6.81. The second kappa shape index (κ2) is 9.78. The van der Waals surface area contributed by atoms with Gasteiger partial charge in [-0.15, -0.1) is 0 Å². The van der Waals surface area contributed by atoms with E-state index in [1.807, 2.05) is 90.7 Å². The summed E-state index contributed by atoms with van der Waals surface area (Å²) in [5.74, 6) is -0.0751. The summed E-state index contributed by atoms with van der Waals surface area (Å²) in [4.78, 5) is 32.5. The fourth-order valence-corrected chi connectivity index (χ4v) is 6.35. The van der Waals surface area contributed by atoms with Crippen LogP contribution in [0.4, 0.5) is 11.4 Å². The molecule has 0 aromatic heterocycles. The maximum Gasteiger partial charge on any atom is 0.266 e. The monoisotopic (exact) mass is 502 g/mol. The predicted molar refractivity (Wildman–Crippen MR) is 144 cm³/mol. The lowest BCUT2D eigenvalue weighted by atomic mass is 10.1. The van der Waals surface area contributed by atoms with Gasteiger partial charge in [-0.25, -0.2) is 0 Å². The molecule has 5 rings (SSSR count). The van der Waals surface area contributed by atoms with Crippen molar-refractivity contribution in [1.29, 1.82) is 0 Å². The number of anilines is 2. The van der Waals surface area contributed by atoms with Gasteiger partial charge in [0.25, 0.3) is 5.91 Å². The maximum absolute atomic E-state index is 13.4. The highest BCUT2D eigenvalue weighted by atomic mass is 32.2. The van der Waals surface area contributed by atoms with Gasteiger partial charge in [0.2, 0.25) is 5.91 Å². The number of amides is 2. The molecule has 0 spiro atoms. The van der Waals surface area contributed by atoms with Crippen molar-refractivity contribution in [3.63, 3.8) is 0 Å². The highest BCUT2D eigenvalue weighted by Gasteiger charge is 2.32. The molecule has 7 heteroatoms. The number of aryl methyl sites for hydroxylation is 1. The van der Waals surface area contributed by atoms with E-state index in [9.17, 15) is 9.59 Å². The molecule has 1 saturated heterocycles. The van der Waals surface area contributed by atoms with E-state index in [-0.39, 0.29) is 11.8 Å². The zero-order valence-electron chi connectivity index (χ0n) is 18.6. The maximum atomic E-state index is 13.4. The van der Waals surface area contributed by atoms with Crippen molar-refractivity contribution in [1.82, 2.24) is 4.90 Å². The lowest BCUT2D eigenvalue weighted by Gasteiger charge is -2.31. The summed E-state index contributed by atoms with van der Waals surface area (Å²) < 4.78 is 0.542. The first-order valence-electron chi connectivity index (χ1n) is 11.0. The van der Waals surface area contributed by atoms with E-state index >= 15 is 0 Å². The molecule has 0 atom stereocenters. The molecule has 1 fully saturated rings. The number of carbonyl (C=O) groups excluding carboxylic acids is 2. The van der Waals surface area contributed by atoms with Crippen molar-refractivity contribution in [2.75, 3.05) is 11.4 Å². The molecule has 0 N–H and O–H groups in total. The number of rotatable bonds is 5. The fraction of sp³-hybridized carbons (Fsp3) is 0.148. The number of benzene rings is 3. The molecule has 34 heavy (non-hydrogen) atoms. The molecule has 3 aromatic rings. The number of para-hydroxylation sites is 2. The Kier molecular flexibility index (Phi) is 6.59. The van der Waals surface area contributed by atoms with Crippen molar-refractivity contribution in [3.8, 4) is 0 Å². The number of fused-ring (bicyclic) bond motifs is 2. The van der Waals surface area contributed by atoms with E-state index in [4.69, 9.17) is 12.2 Å². The molecule has 170 valence electrons. The molecule has 2 aliphatic heterocycles. The smallest absolute Gasteiger partial charge is 0.266 e. The summed E-state index contributed by atoms with van der Waals surface area (Å²) in [5.41, 5.74) is 3.96. The number of hydrogen-bond donors (Lipinski definition) is 0.